The van der Waals surface area contributed by atoms with Crippen molar-refractivity contribution in [3.05, 3.63) is 58.6 Å². The molecular formula is C22H25ClN2O3. The summed E-state index contributed by atoms with van der Waals surface area (Å²) in [7, 11) is 0. The largest absolute Gasteiger partial charge is 0.484 e. The van der Waals surface area contributed by atoms with Gasteiger partial charge in [0.2, 0.25) is 0 Å². The zero-order valence-corrected chi connectivity index (χ0v) is 16.7. The third kappa shape index (κ3) is 5.49. The highest BCUT2D eigenvalue weighted by Crippen LogP contribution is 2.24. The summed E-state index contributed by atoms with van der Waals surface area (Å²) in [6.07, 6.45) is 5.68. The number of ether oxygens (including phenoxy) is 1. The molecule has 2 aromatic carbocycles. The Morgan fingerprint density at radius 3 is 2.50 bits per heavy atom. The van der Waals surface area contributed by atoms with Crippen molar-refractivity contribution in [2.45, 2.75) is 45.1 Å². The van der Waals surface area contributed by atoms with Gasteiger partial charge in [-0.15, -0.1) is 0 Å². The number of hydrogen-bond acceptors (Lipinski definition) is 3. The summed E-state index contributed by atoms with van der Waals surface area (Å²) in [6, 6.07) is 12.4. The zero-order chi connectivity index (χ0) is 19.9. The van der Waals surface area contributed by atoms with Crippen LogP contribution in [0.2, 0.25) is 5.02 Å². The van der Waals surface area contributed by atoms with Crippen LogP contribution >= 0.6 is 11.6 Å². The van der Waals surface area contributed by atoms with E-state index >= 15 is 0 Å². The molecule has 0 atom stereocenters. The first-order valence-corrected chi connectivity index (χ1v) is 9.99. The van der Waals surface area contributed by atoms with Crippen LogP contribution in [0.3, 0.4) is 0 Å². The Labute approximate surface area is 170 Å². The molecule has 0 aliphatic heterocycles. The van der Waals surface area contributed by atoms with Crippen LogP contribution in [0.5, 0.6) is 5.75 Å². The molecule has 0 saturated heterocycles. The molecule has 0 aromatic heterocycles. The standard InChI is InChI=1S/C22H25ClN2O3/c1-15-19(23)8-5-9-20(15)25-22(27)16-10-12-18(13-11-16)28-14-21(26)24-17-6-3-2-4-7-17/h5,8-13,17H,2-4,6-7,14H2,1H3,(H,24,26)(H,25,27). The Kier molecular flexibility index (Phi) is 6.93. The van der Waals surface area contributed by atoms with Crippen LogP contribution in [0.15, 0.2) is 42.5 Å². The lowest BCUT2D eigenvalue weighted by Gasteiger charge is -2.22. The maximum Gasteiger partial charge on any atom is 0.258 e. The second kappa shape index (κ2) is 9.60. The molecule has 2 N–H and O–H groups in total. The Balaban J connectivity index is 1.50. The molecule has 5 nitrogen and oxygen atoms in total. The summed E-state index contributed by atoms with van der Waals surface area (Å²) in [6.45, 7) is 1.83. The molecule has 3 rings (SSSR count). The van der Waals surface area contributed by atoms with Gasteiger partial charge >= 0.3 is 0 Å². The lowest BCUT2D eigenvalue weighted by molar-refractivity contribution is -0.124. The van der Waals surface area contributed by atoms with Gasteiger partial charge in [-0.3, -0.25) is 9.59 Å². The molecule has 0 radical (unpaired) electrons. The van der Waals surface area contributed by atoms with Gasteiger partial charge in [-0.2, -0.15) is 0 Å². The summed E-state index contributed by atoms with van der Waals surface area (Å²) >= 11 is 6.09. The van der Waals surface area contributed by atoms with Crippen molar-refractivity contribution in [1.29, 1.82) is 0 Å². The predicted molar refractivity (Wildman–Crippen MR) is 111 cm³/mol. The van der Waals surface area contributed by atoms with E-state index in [1.807, 2.05) is 13.0 Å². The minimum Gasteiger partial charge on any atom is -0.484 e. The lowest BCUT2D eigenvalue weighted by Crippen LogP contribution is -2.38. The maximum atomic E-state index is 12.4. The first-order chi connectivity index (χ1) is 13.5. The molecule has 2 amide bonds. The highest BCUT2D eigenvalue weighted by molar-refractivity contribution is 6.31. The van der Waals surface area contributed by atoms with E-state index in [-0.39, 0.29) is 24.5 Å². The van der Waals surface area contributed by atoms with E-state index in [1.54, 1.807) is 36.4 Å². The van der Waals surface area contributed by atoms with Gasteiger partial charge in [-0.05, 0) is 61.7 Å². The highest BCUT2D eigenvalue weighted by atomic mass is 35.5. The number of rotatable bonds is 6. The smallest absolute Gasteiger partial charge is 0.258 e. The number of benzene rings is 2. The Morgan fingerprint density at radius 2 is 1.79 bits per heavy atom. The fraction of sp³-hybridized carbons (Fsp3) is 0.364. The molecule has 28 heavy (non-hydrogen) atoms. The van der Waals surface area contributed by atoms with E-state index in [9.17, 15) is 9.59 Å². The molecule has 0 heterocycles. The number of carbonyl (C=O) groups is 2. The number of halogens is 1. The first-order valence-electron chi connectivity index (χ1n) is 9.61. The molecule has 0 unspecified atom stereocenters. The van der Waals surface area contributed by atoms with Crippen LogP contribution in [-0.4, -0.2) is 24.5 Å². The fourth-order valence-electron chi connectivity index (χ4n) is 3.31. The molecule has 148 valence electrons. The van der Waals surface area contributed by atoms with Gasteiger partial charge in [-0.25, -0.2) is 0 Å². The van der Waals surface area contributed by atoms with Gasteiger partial charge in [0.25, 0.3) is 11.8 Å². The predicted octanol–water partition coefficient (Wildman–Crippen LogP) is 4.73. The second-order valence-electron chi connectivity index (χ2n) is 7.08. The molecule has 0 bridgehead atoms. The molecular weight excluding hydrogens is 376 g/mol. The van der Waals surface area contributed by atoms with Crippen molar-refractivity contribution >= 4 is 29.1 Å². The number of amides is 2. The van der Waals surface area contributed by atoms with Crippen molar-refractivity contribution in [1.82, 2.24) is 5.32 Å². The van der Waals surface area contributed by atoms with Gasteiger partial charge in [0.1, 0.15) is 5.75 Å². The van der Waals surface area contributed by atoms with Gasteiger partial charge < -0.3 is 15.4 Å². The lowest BCUT2D eigenvalue weighted by atomic mass is 9.95. The Bertz CT molecular complexity index is 830. The average Bonchev–Trinajstić information content (AvgIpc) is 2.71. The van der Waals surface area contributed by atoms with E-state index in [0.29, 0.717) is 22.0 Å². The van der Waals surface area contributed by atoms with Gasteiger partial charge in [0, 0.05) is 22.3 Å². The van der Waals surface area contributed by atoms with Crippen molar-refractivity contribution in [3.63, 3.8) is 0 Å². The van der Waals surface area contributed by atoms with Crippen LogP contribution in [0.1, 0.15) is 48.0 Å². The summed E-state index contributed by atoms with van der Waals surface area (Å²) in [5.74, 6) is 0.214. The topological polar surface area (TPSA) is 67.4 Å². The summed E-state index contributed by atoms with van der Waals surface area (Å²) in [5, 5.41) is 6.48. The quantitative estimate of drug-likeness (QED) is 0.736. The molecule has 1 aliphatic carbocycles. The minimum absolute atomic E-state index is 0.0241. The summed E-state index contributed by atoms with van der Waals surface area (Å²) in [4.78, 5) is 24.4. The average molecular weight is 401 g/mol. The third-order valence-electron chi connectivity index (χ3n) is 4.97. The van der Waals surface area contributed by atoms with Crippen LogP contribution in [0.4, 0.5) is 5.69 Å². The number of anilines is 1. The van der Waals surface area contributed by atoms with E-state index in [4.69, 9.17) is 16.3 Å². The minimum atomic E-state index is -0.230. The molecule has 1 fully saturated rings. The summed E-state index contributed by atoms with van der Waals surface area (Å²) < 4.78 is 5.54. The highest BCUT2D eigenvalue weighted by Gasteiger charge is 2.16. The molecule has 6 heteroatoms. The van der Waals surface area contributed by atoms with Crippen molar-refractivity contribution in [2.24, 2.45) is 0 Å². The zero-order valence-electron chi connectivity index (χ0n) is 16.0. The van der Waals surface area contributed by atoms with Gasteiger partial charge in [0.15, 0.2) is 6.61 Å². The molecule has 0 spiro atoms. The SMILES string of the molecule is Cc1c(Cl)cccc1NC(=O)c1ccc(OCC(=O)NC2CCCCC2)cc1. The van der Waals surface area contributed by atoms with Crippen LogP contribution in [0, 0.1) is 6.92 Å². The van der Waals surface area contributed by atoms with Gasteiger partial charge in [-0.1, -0.05) is 36.9 Å². The van der Waals surface area contributed by atoms with Crippen LogP contribution in [0.25, 0.3) is 0 Å². The van der Waals surface area contributed by atoms with Crippen molar-refractivity contribution in [3.8, 4) is 5.75 Å². The number of hydrogen-bond donors (Lipinski definition) is 2. The van der Waals surface area contributed by atoms with Crippen molar-refractivity contribution < 1.29 is 14.3 Å². The Morgan fingerprint density at radius 1 is 1.07 bits per heavy atom. The summed E-state index contributed by atoms with van der Waals surface area (Å²) in [5.41, 5.74) is 2.00. The van der Waals surface area contributed by atoms with Gasteiger partial charge in [0.05, 0.1) is 0 Å². The monoisotopic (exact) mass is 400 g/mol. The van der Waals surface area contributed by atoms with Crippen LogP contribution < -0.4 is 15.4 Å². The van der Waals surface area contributed by atoms with E-state index in [1.165, 1.54) is 19.3 Å². The van der Waals surface area contributed by atoms with Crippen molar-refractivity contribution in [2.75, 3.05) is 11.9 Å². The van der Waals surface area contributed by atoms with E-state index in [2.05, 4.69) is 10.6 Å². The maximum absolute atomic E-state index is 12.4. The van der Waals surface area contributed by atoms with E-state index < -0.39 is 0 Å². The fourth-order valence-corrected chi connectivity index (χ4v) is 3.48. The van der Waals surface area contributed by atoms with E-state index in [0.717, 1.165) is 18.4 Å². The second-order valence-corrected chi connectivity index (χ2v) is 7.49. The number of nitrogens with one attached hydrogen (secondary N) is 2. The molecule has 1 saturated carbocycles. The third-order valence-corrected chi connectivity index (χ3v) is 5.38. The first kappa shape index (κ1) is 20.2. The Hall–Kier alpha value is -2.53. The molecule has 1 aliphatic rings. The van der Waals surface area contributed by atoms with Crippen LogP contribution in [-0.2, 0) is 4.79 Å². The number of carbonyl (C=O) groups excluding carboxylic acids is 2. The molecule has 2 aromatic rings. The normalized spacial score (nSPS) is 14.4.